The molecule has 1 fully saturated rings. The second kappa shape index (κ2) is 11.9. The average molecular weight is 420 g/mol. The maximum Gasteiger partial charge on any atom is 0.191 e. The van der Waals surface area contributed by atoms with Crippen molar-refractivity contribution in [2.24, 2.45) is 10.9 Å². The summed E-state index contributed by atoms with van der Waals surface area (Å²) in [5.74, 6) is 1.49. The smallest absolute Gasteiger partial charge is 0.191 e. The van der Waals surface area contributed by atoms with Crippen molar-refractivity contribution in [2.45, 2.75) is 45.7 Å². The van der Waals surface area contributed by atoms with Gasteiger partial charge in [0.1, 0.15) is 0 Å². The Morgan fingerprint density at radius 2 is 1.86 bits per heavy atom. The lowest BCUT2D eigenvalue weighted by Gasteiger charge is -2.32. The Balaban J connectivity index is 0.00000441. The van der Waals surface area contributed by atoms with Gasteiger partial charge in [-0.2, -0.15) is 0 Å². The molecule has 4 nitrogen and oxygen atoms in total. The number of nitrogens with one attached hydrogen (secondary N) is 2. The fourth-order valence-electron chi connectivity index (χ4n) is 2.35. The number of nitrogens with zero attached hydrogens (tertiary/aromatic N) is 2. The largest absolute Gasteiger partial charge is 0.357 e. The van der Waals surface area contributed by atoms with E-state index in [0.717, 1.165) is 32.1 Å². The van der Waals surface area contributed by atoms with Crippen molar-refractivity contribution < 1.29 is 0 Å². The van der Waals surface area contributed by atoms with E-state index in [1.54, 1.807) is 0 Å². The molecule has 0 amide bonds. The Hall–Kier alpha value is -0.560. The van der Waals surface area contributed by atoms with Gasteiger partial charge in [-0.05, 0) is 25.7 Å². The number of hydrogen-bond donors (Lipinski definition) is 2. The van der Waals surface area contributed by atoms with Gasteiger partial charge in [-0.15, -0.1) is 37.1 Å². The molecule has 1 unspecified atom stereocenters. The lowest BCUT2D eigenvalue weighted by molar-refractivity contribution is 0.195. The molecule has 128 valence electrons. The summed E-state index contributed by atoms with van der Waals surface area (Å²) in [5.41, 5.74) is 0. The second-order valence-corrected chi connectivity index (χ2v) is 5.98. The zero-order chi connectivity index (χ0) is 15.7. The normalized spacial score (nSPS) is 16.1. The van der Waals surface area contributed by atoms with Crippen LogP contribution in [0.5, 0.6) is 0 Å². The van der Waals surface area contributed by atoms with Gasteiger partial charge in [0, 0.05) is 31.7 Å². The van der Waals surface area contributed by atoms with Crippen LogP contribution in [0.15, 0.2) is 30.3 Å². The zero-order valence-corrected chi connectivity index (χ0v) is 16.7. The highest BCUT2D eigenvalue weighted by molar-refractivity contribution is 14.0. The third-order valence-corrected chi connectivity index (χ3v) is 3.66. The van der Waals surface area contributed by atoms with Crippen molar-refractivity contribution in [2.75, 3.05) is 26.2 Å². The summed E-state index contributed by atoms with van der Waals surface area (Å²) in [6.45, 7) is 17.8. The summed E-state index contributed by atoms with van der Waals surface area (Å²) in [6.07, 6.45) is 6.43. The number of halogens is 1. The minimum Gasteiger partial charge on any atom is -0.357 e. The first-order valence-electron chi connectivity index (χ1n) is 8.13. The summed E-state index contributed by atoms with van der Waals surface area (Å²) in [7, 11) is 0. The molecule has 0 aliphatic heterocycles. The summed E-state index contributed by atoms with van der Waals surface area (Å²) in [5, 5.41) is 6.80. The molecular weight excluding hydrogens is 387 g/mol. The van der Waals surface area contributed by atoms with Gasteiger partial charge in [0.05, 0.1) is 6.54 Å². The van der Waals surface area contributed by atoms with Gasteiger partial charge in [0.2, 0.25) is 0 Å². The molecule has 0 aromatic rings. The number of hydrogen-bond acceptors (Lipinski definition) is 2. The van der Waals surface area contributed by atoms with Crippen LogP contribution in [0.25, 0.3) is 0 Å². The standard InChI is InChI=1S/C17H32N4.HI/c1-6-11-21(12-7-2)16(14(4)5)13-19-17(18-8-3)20-15-9-10-15;/h6-7,14-16H,1-2,8-13H2,3-5H3,(H2,18,19,20);1H. The first-order chi connectivity index (χ1) is 10.1. The van der Waals surface area contributed by atoms with Gasteiger partial charge in [-0.1, -0.05) is 26.0 Å². The Morgan fingerprint density at radius 3 is 2.27 bits per heavy atom. The predicted octanol–water partition coefficient (Wildman–Crippen LogP) is 3.02. The second-order valence-electron chi connectivity index (χ2n) is 5.98. The average Bonchev–Trinajstić information content (AvgIpc) is 3.23. The molecule has 0 saturated heterocycles. The molecule has 0 aromatic heterocycles. The van der Waals surface area contributed by atoms with Crippen LogP contribution in [0.1, 0.15) is 33.6 Å². The molecule has 5 heteroatoms. The molecule has 2 N–H and O–H groups in total. The van der Waals surface area contributed by atoms with E-state index in [0.29, 0.717) is 18.0 Å². The molecular formula is C17H33IN4. The Labute approximate surface area is 153 Å². The minimum atomic E-state index is 0. The van der Waals surface area contributed by atoms with E-state index in [9.17, 15) is 0 Å². The van der Waals surface area contributed by atoms with Gasteiger partial charge in [-0.3, -0.25) is 9.89 Å². The fourth-order valence-corrected chi connectivity index (χ4v) is 2.35. The van der Waals surface area contributed by atoms with Crippen LogP contribution < -0.4 is 10.6 Å². The van der Waals surface area contributed by atoms with Crippen LogP contribution in [0.4, 0.5) is 0 Å². The van der Waals surface area contributed by atoms with E-state index in [2.05, 4.69) is 49.5 Å². The number of aliphatic imine (C=N–C) groups is 1. The Kier molecular flexibility index (Phi) is 11.6. The molecule has 1 aliphatic rings. The fraction of sp³-hybridized carbons (Fsp3) is 0.706. The summed E-state index contributed by atoms with van der Waals surface area (Å²) >= 11 is 0. The highest BCUT2D eigenvalue weighted by Gasteiger charge is 2.23. The van der Waals surface area contributed by atoms with E-state index < -0.39 is 0 Å². The molecule has 22 heavy (non-hydrogen) atoms. The third-order valence-electron chi connectivity index (χ3n) is 3.66. The zero-order valence-electron chi connectivity index (χ0n) is 14.3. The van der Waals surface area contributed by atoms with Gasteiger partial charge in [0.15, 0.2) is 5.96 Å². The molecule has 1 atom stereocenters. The first kappa shape index (κ1) is 21.4. The summed E-state index contributed by atoms with van der Waals surface area (Å²) in [6, 6.07) is 1.02. The minimum absolute atomic E-state index is 0. The maximum absolute atomic E-state index is 4.78. The number of rotatable bonds is 10. The van der Waals surface area contributed by atoms with Crippen LogP contribution in [0.2, 0.25) is 0 Å². The highest BCUT2D eigenvalue weighted by atomic mass is 127. The van der Waals surface area contributed by atoms with E-state index in [4.69, 9.17) is 4.99 Å². The topological polar surface area (TPSA) is 39.7 Å². The lowest BCUT2D eigenvalue weighted by atomic mass is 10.0. The van der Waals surface area contributed by atoms with Crippen molar-refractivity contribution in [3.8, 4) is 0 Å². The van der Waals surface area contributed by atoms with Gasteiger partial charge < -0.3 is 10.6 Å². The third kappa shape index (κ3) is 8.17. The lowest BCUT2D eigenvalue weighted by Crippen LogP contribution is -2.44. The van der Waals surface area contributed by atoms with E-state index in [1.165, 1.54) is 12.8 Å². The molecule has 0 heterocycles. The Bertz CT molecular complexity index is 341. The van der Waals surface area contributed by atoms with Gasteiger partial charge in [0.25, 0.3) is 0 Å². The van der Waals surface area contributed by atoms with Crippen molar-refractivity contribution >= 4 is 29.9 Å². The van der Waals surface area contributed by atoms with E-state index in [-0.39, 0.29) is 24.0 Å². The molecule has 0 aromatic carbocycles. The summed E-state index contributed by atoms with van der Waals surface area (Å²) in [4.78, 5) is 7.17. The van der Waals surface area contributed by atoms with Crippen LogP contribution in [-0.2, 0) is 0 Å². The van der Waals surface area contributed by atoms with Crippen molar-refractivity contribution in [1.29, 1.82) is 0 Å². The van der Waals surface area contributed by atoms with Crippen molar-refractivity contribution in [3.63, 3.8) is 0 Å². The molecule has 0 spiro atoms. The van der Waals surface area contributed by atoms with Gasteiger partial charge in [-0.25, -0.2) is 0 Å². The van der Waals surface area contributed by atoms with Crippen molar-refractivity contribution in [3.05, 3.63) is 25.3 Å². The van der Waals surface area contributed by atoms with Crippen LogP contribution >= 0.6 is 24.0 Å². The molecule has 0 bridgehead atoms. The van der Waals surface area contributed by atoms with E-state index in [1.807, 2.05) is 12.2 Å². The van der Waals surface area contributed by atoms with Gasteiger partial charge >= 0.3 is 0 Å². The highest BCUT2D eigenvalue weighted by Crippen LogP contribution is 2.18. The molecule has 1 rings (SSSR count). The molecule has 1 aliphatic carbocycles. The maximum atomic E-state index is 4.78. The monoisotopic (exact) mass is 420 g/mol. The van der Waals surface area contributed by atoms with Crippen LogP contribution in [-0.4, -0.2) is 49.1 Å². The molecule has 1 saturated carbocycles. The quantitative estimate of drug-likeness (QED) is 0.247. The first-order valence-corrected chi connectivity index (χ1v) is 8.13. The predicted molar refractivity (Wildman–Crippen MR) is 108 cm³/mol. The van der Waals surface area contributed by atoms with Crippen LogP contribution in [0.3, 0.4) is 0 Å². The van der Waals surface area contributed by atoms with E-state index >= 15 is 0 Å². The van der Waals surface area contributed by atoms with Crippen LogP contribution in [0, 0.1) is 5.92 Å². The SMILES string of the molecule is C=CCN(CC=C)C(CN=C(NCC)NC1CC1)C(C)C.I. The number of guanidine groups is 1. The van der Waals surface area contributed by atoms with Crippen molar-refractivity contribution in [1.82, 2.24) is 15.5 Å². The Morgan fingerprint density at radius 1 is 1.27 bits per heavy atom. The molecule has 0 radical (unpaired) electrons. The summed E-state index contributed by atoms with van der Waals surface area (Å²) < 4.78 is 0.